The fourth-order valence-corrected chi connectivity index (χ4v) is 2.19. The summed E-state index contributed by atoms with van der Waals surface area (Å²) in [6.45, 7) is 2.20. The molecule has 1 aliphatic rings. The van der Waals surface area contributed by atoms with Crippen molar-refractivity contribution in [2.75, 3.05) is 6.61 Å². The molecule has 19 heavy (non-hydrogen) atoms. The second-order valence-corrected chi connectivity index (χ2v) is 4.94. The van der Waals surface area contributed by atoms with Crippen LogP contribution in [0.15, 0.2) is 18.5 Å². The van der Waals surface area contributed by atoms with Crippen LogP contribution < -0.4 is 5.32 Å². The number of hydrogen-bond donors (Lipinski definition) is 2. The molecular formula is C15H18N2O2. The molecular weight excluding hydrogens is 240 g/mol. The van der Waals surface area contributed by atoms with E-state index in [1.54, 1.807) is 18.5 Å². The molecule has 2 N–H and O–H groups in total. The molecule has 0 radical (unpaired) electrons. The van der Waals surface area contributed by atoms with Crippen LogP contribution in [0.3, 0.4) is 0 Å². The molecule has 2 rings (SSSR count). The lowest BCUT2D eigenvalue weighted by Gasteiger charge is -2.33. The average molecular weight is 258 g/mol. The quantitative estimate of drug-likeness (QED) is 0.804. The first-order chi connectivity index (χ1) is 9.20. The number of amides is 1. The van der Waals surface area contributed by atoms with Crippen molar-refractivity contribution in [3.63, 3.8) is 0 Å². The minimum Gasteiger partial charge on any atom is -0.395 e. The van der Waals surface area contributed by atoms with Crippen molar-refractivity contribution < 1.29 is 9.90 Å². The van der Waals surface area contributed by atoms with Gasteiger partial charge in [0.2, 0.25) is 0 Å². The summed E-state index contributed by atoms with van der Waals surface area (Å²) in [6.07, 6.45) is 5.67. The summed E-state index contributed by atoms with van der Waals surface area (Å²) < 4.78 is 0. The number of aliphatic hydroxyl groups excluding tert-OH is 1. The van der Waals surface area contributed by atoms with Crippen LogP contribution in [0.1, 0.15) is 42.1 Å². The summed E-state index contributed by atoms with van der Waals surface area (Å²) in [5, 5.41) is 11.7. The third kappa shape index (κ3) is 3.55. The van der Waals surface area contributed by atoms with Crippen molar-refractivity contribution in [3.05, 3.63) is 29.6 Å². The Morgan fingerprint density at radius 3 is 3.05 bits per heavy atom. The van der Waals surface area contributed by atoms with Gasteiger partial charge < -0.3 is 10.4 Å². The van der Waals surface area contributed by atoms with E-state index >= 15 is 0 Å². The van der Waals surface area contributed by atoms with Gasteiger partial charge in [-0.05, 0) is 24.8 Å². The third-order valence-electron chi connectivity index (χ3n) is 3.23. The Kier molecular flexibility index (Phi) is 4.53. The highest BCUT2D eigenvalue weighted by Crippen LogP contribution is 2.26. The van der Waals surface area contributed by atoms with E-state index in [9.17, 15) is 4.79 Å². The Balaban J connectivity index is 2.06. The molecule has 1 aromatic rings. The number of aromatic nitrogens is 1. The van der Waals surface area contributed by atoms with E-state index in [0.717, 1.165) is 12.8 Å². The number of pyridine rings is 1. The Hall–Kier alpha value is -1.86. The maximum atomic E-state index is 12.2. The zero-order valence-corrected chi connectivity index (χ0v) is 11.0. The first-order valence-corrected chi connectivity index (χ1v) is 6.55. The first kappa shape index (κ1) is 13.6. The summed E-state index contributed by atoms with van der Waals surface area (Å²) in [7, 11) is 0. The number of rotatable bonds is 3. The van der Waals surface area contributed by atoms with Gasteiger partial charge in [0, 0.05) is 24.9 Å². The molecule has 0 atom stereocenters. The fourth-order valence-electron chi connectivity index (χ4n) is 2.19. The van der Waals surface area contributed by atoms with E-state index in [2.05, 4.69) is 29.1 Å². The van der Waals surface area contributed by atoms with Crippen molar-refractivity contribution >= 4 is 5.91 Å². The van der Waals surface area contributed by atoms with Gasteiger partial charge in [-0.3, -0.25) is 9.78 Å². The van der Waals surface area contributed by atoms with Gasteiger partial charge in [-0.25, -0.2) is 0 Å². The smallest absolute Gasteiger partial charge is 0.252 e. The van der Waals surface area contributed by atoms with Gasteiger partial charge in [0.15, 0.2) is 0 Å². The number of nitrogens with one attached hydrogen (secondary N) is 1. The van der Waals surface area contributed by atoms with Gasteiger partial charge in [-0.2, -0.15) is 0 Å². The van der Waals surface area contributed by atoms with Crippen LogP contribution in [-0.2, 0) is 0 Å². The maximum absolute atomic E-state index is 12.2. The van der Waals surface area contributed by atoms with Crippen LogP contribution in [0.4, 0.5) is 0 Å². The lowest BCUT2D eigenvalue weighted by atomic mass is 9.82. The SMILES string of the molecule is CC1CC(NC(=O)c2ccncc2C#CCCO)C1. The van der Waals surface area contributed by atoms with Crippen LogP contribution in [0.5, 0.6) is 0 Å². The predicted molar refractivity (Wildman–Crippen MR) is 72.5 cm³/mol. The molecule has 100 valence electrons. The summed E-state index contributed by atoms with van der Waals surface area (Å²) in [4.78, 5) is 16.1. The molecule has 1 heterocycles. The molecule has 1 fully saturated rings. The minimum atomic E-state index is -0.0902. The molecule has 0 saturated heterocycles. The second-order valence-electron chi connectivity index (χ2n) is 4.94. The van der Waals surface area contributed by atoms with Crippen LogP contribution >= 0.6 is 0 Å². The largest absolute Gasteiger partial charge is 0.395 e. The van der Waals surface area contributed by atoms with Gasteiger partial charge >= 0.3 is 0 Å². The van der Waals surface area contributed by atoms with Crippen LogP contribution in [0.2, 0.25) is 0 Å². The molecule has 0 aromatic carbocycles. The number of hydrogen-bond acceptors (Lipinski definition) is 3. The van der Waals surface area contributed by atoms with Crippen molar-refractivity contribution in [1.29, 1.82) is 0 Å². The maximum Gasteiger partial charge on any atom is 0.252 e. The minimum absolute atomic E-state index is 0.0226. The molecule has 0 aliphatic heterocycles. The summed E-state index contributed by atoms with van der Waals surface area (Å²) >= 11 is 0. The monoisotopic (exact) mass is 258 g/mol. The Morgan fingerprint density at radius 2 is 2.37 bits per heavy atom. The molecule has 4 nitrogen and oxygen atoms in total. The van der Waals surface area contributed by atoms with Gasteiger partial charge in [-0.15, -0.1) is 0 Å². The standard InChI is InChI=1S/C15H18N2O2/c1-11-8-13(9-11)17-15(19)14-5-6-16-10-12(14)4-2-3-7-18/h5-6,10-11,13,18H,3,7-9H2,1H3,(H,17,19). The third-order valence-corrected chi connectivity index (χ3v) is 3.23. The predicted octanol–water partition coefficient (Wildman–Crippen LogP) is 1.34. The first-order valence-electron chi connectivity index (χ1n) is 6.55. The van der Waals surface area contributed by atoms with E-state index in [0.29, 0.717) is 23.5 Å². The molecule has 1 saturated carbocycles. The van der Waals surface area contributed by atoms with E-state index in [1.165, 1.54) is 0 Å². The molecule has 4 heteroatoms. The number of nitrogens with zero attached hydrogens (tertiary/aromatic N) is 1. The number of aliphatic hydroxyl groups is 1. The van der Waals surface area contributed by atoms with E-state index in [1.807, 2.05) is 0 Å². The second kappa shape index (κ2) is 6.35. The lowest BCUT2D eigenvalue weighted by Crippen LogP contribution is -2.43. The molecule has 0 spiro atoms. The highest BCUT2D eigenvalue weighted by atomic mass is 16.2. The highest BCUT2D eigenvalue weighted by molar-refractivity contribution is 5.96. The van der Waals surface area contributed by atoms with Gasteiger partial charge in [0.25, 0.3) is 5.91 Å². The molecule has 1 aromatic heterocycles. The summed E-state index contributed by atoms with van der Waals surface area (Å²) in [6, 6.07) is 1.97. The van der Waals surface area contributed by atoms with Gasteiger partial charge in [0.05, 0.1) is 17.7 Å². The average Bonchev–Trinajstić information content (AvgIpc) is 2.38. The Morgan fingerprint density at radius 1 is 1.58 bits per heavy atom. The molecule has 0 bridgehead atoms. The van der Waals surface area contributed by atoms with Crippen LogP contribution in [0, 0.1) is 17.8 Å². The highest BCUT2D eigenvalue weighted by Gasteiger charge is 2.27. The van der Waals surface area contributed by atoms with E-state index in [4.69, 9.17) is 5.11 Å². The van der Waals surface area contributed by atoms with Crippen LogP contribution in [0.25, 0.3) is 0 Å². The normalized spacial score (nSPS) is 20.9. The number of carbonyl (C=O) groups is 1. The lowest BCUT2D eigenvalue weighted by molar-refractivity contribution is 0.0895. The van der Waals surface area contributed by atoms with Crippen LogP contribution in [-0.4, -0.2) is 28.6 Å². The zero-order valence-electron chi connectivity index (χ0n) is 11.0. The molecule has 1 amide bonds. The van der Waals surface area contributed by atoms with Crippen molar-refractivity contribution in [2.24, 2.45) is 5.92 Å². The summed E-state index contributed by atoms with van der Waals surface area (Å²) in [5.74, 6) is 6.31. The summed E-state index contributed by atoms with van der Waals surface area (Å²) in [5.41, 5.74) is 1.17. The van der Waals surface area contributed by atoms with E-state index in [-0.39, 0.29) is 18.6 Å². The zero-order chi connectivity index (χ0) is 13.7. The molecule has 1 aliphatic carbocycles. The topological polar surface area (TPSA) is 62.2 Å². The fraction of sp³-hybridized carbons (Fsp3) is 0.467. The number of carbonyl (C=O) groups excluding carboxylic acids is 1. The Labute approximate surface area is 113 Å². The van der Waals surface area contributed by atoms with Crippen molar-refractivity contribution in [2.45, 2.75) is 32.2 Å². The van der Waals surface area contributed by atoms with Crippen molar-refractivity contribution in [1.82, 2.24) is 10.3 Å². The van der Waals surface area contributed by atoms with Crippen molar-refractivity contribution in [3.8, 4) is 11.8 Å². The van der Waals surface area contributed by atoms with E-state index < -0.39 is 0 Å². The van der Waals surface area contributed by atoms with Gasteiger partial charge in [-0.1, -0.05) is 18.8 Å². The Bertz CT molecular complexity index is 510. The molecule has 0 unspecified atom stereocenters. The van der Waals surface area contributed by atoms with Gasteiger partial charge in [0.1, 0.15) is 0 Å².